The molecule has 1 aliphatic rings. The van der Waals surface area contributed by atoms with Crippen LogP contribution in [0.4, 0.5) is 0 Å². The second kappa shape index (κ2) is 9.36. The molecule has 1 saturated heterocycles. The third-order valence-electron chi connectivity index (χ3n) is 2.36. The van der Waals surface area contributed by atoms with Gasteiger partial charge in [0, 0.05) is 32.8 Å². The molecule has 3 nitrogen and oxygen atoms in total. The summed E-state index contributed by atoms with van der Waals surface area (Å²) >= 11 is 0. The van der Waals surface area contributed by atoms with Crippen molar-refractivity contribution in [2.75, 3.05) is 26.3 Å². The Morgan fingerprint density at radius 3 is 2.12 bits per heavy atom. The molecule has 4 heteroatoms. The van der Waals surface area contributed by atoms with E-state index in [0.29, 0.717) is 0 Å². The van der Waals surface area contributed by atoms with Gasteiger partial charge in [-0.1, -0.05) is 30.3 Å². The summed E-state index contributed by atoms with van der Waals surface area (Å²) in [4.78, 5) is 2.41. The number of hydrogen-bond donors (Lipinski definition) is 0. The Labute approximate surface area is 107 Å². The maximum absolute atomic E-state index is 4.99. The van der Waals surface area contributed by atoms with Crippen molar-refractivity contribution in [3.63, 3.8) is 0 Å². The Balaban J connectivity index is 0.000000185. The molecule has 0 atom stereocenters. The molecule has 0 aromatic heterocycles. The van der Waals surface area contributed by atoms with E-state index in [0.717, 1.165) is 19.8 Å². The lowest BCUT2D eigenvalue weighted by atomic mass is 10.2. The second-order valence-electron chi connectivity index (χ2n) is 3.87. The van der Waals surface area contributed by atoms with Gasteiger partial charge in [0.25, 0.3) is 0 Å². The number of nitrogens with zero attached hydrogens (tertiary/aromatic N) is 1. The van der Waals surface area contributed by atoms with Crippen LogP contribution >= 0.6 is 0 Å². The van der Waals surface area contributed by atoms with Gasteiger partial charge in [-0.25, -0.2) is 0 Å². The van der Waals surface area contributed by atoms with Crippen molar-refractivity contribution in [1.82, 2.24) is 4.90 Å². The van der Waals surface area contributed by atoms with Gasteiger partial charge in [-0.15, -0.1) is 0 Å². The van der Waals surface area contributed by atoms with E-state index in [1.54, 1.807) is 0 Å². The highest BCUT2D eigenvalue weighted by molar-refractivity contribution is 6.17. The molecule has 1 aliphatic heterocycles. The molecule has 1 aromatic rings. The van der Waals surface area contributed by atoms with Crippen LogP contribution in [-0.4, -0.2) is 41.2 Å². The van der Waals surface area contributed by atoms with Crippen LogP contribution in [0, 0.1) is 0 Å². The summed E-state index contributed by atoms with van der Waals surface area (Å²) < 4.78 is 9.98. The van der Waals surface area contributed by atoms with E-state index in [9.17, 15) is 0 Å². The highest BCUT2D eigenvalue weighted by Crippen LogP contribution is 2.10. The van der Waals surface area contributed by atoms with Gasteiger partial charge in [-0.3, -0.25) is 4.90 Å². The van der Waals surface area contributed by atoms with E-state index in [-0.39, 0.29) is 0 Å². The summed E-state index contributed by atoms with van der Waals surface area (Å²) in [6.07, 6.45) is 0. The fraction of sp³-hybridized carbons (Fsp3) is 0.538. The average molecular weight is 253 g/mol. The van der Waals surface area contributed by atoms with E-state index < -0.39 is 10.0 Å². The Morgan fingerprint density at radius 2 is 1.65 bits per heavy atom. The largest absolute Gasteiger partial charge is 0.399 e. The minimum atomic E-state index is -0.589. The molecular formula is C13H23NO2Si. The third kappa shape index (κ3) is 8.10. The lowest BCUT2D eigenvalue weighted by molar-refractivity contribution is 0.240. The molecular weight excluding hydrogens is 230 g/mol. The molecule has 2 rings (SSSR count). The smallest absolute Gasteiger partial charge is 0.304 e. The van der Waals surface area contributed by atoms with Gasteiger partial charge in [-0.05, 0) is 19.4 Å². The van der Waals surface area contributed by atoms with Crippen LogP contribution in [0.3, 0.4) is 0 Å². The highest BCUT2D eigenvalue weighted by atomic mass is 28.3. The first-order chi connectivity index (χ1) is 8.36. The van der Waals surface area contributed by atoms with Crippen LogP contribution in [0.15, 0.2) is 30.3 Å². The van der Waals surface area contributed by atoms with Gasteiger partial charge in [0.1, 0.15) is 0 Å². The average Bonchev–Trinajstić information content (AvgIpc) is 3.16. The molecule has 17 heavy (non-hydrogen) atoms. The van der Waals surface area contributed by atoms with Crippen LogP contribution in [0.25, 0.3) is 0 Å². The van der Waals surface area contributed by atoms with Gasteiger partial charge < -0.3 is 8.85 Å². The summed E-state index contributed by atoms with van der Waals surface area (Å²) in [6, 6.07) is 10.6. The van der Waals surface area contributed by atoms with Crippen LogP contribution < -0.4 is 0 Å². The second-order valence-corrected chi connectivity index (χ2v) is 4.92. The zero-order chi connectivity index (χ0) is 12.3. The van der Waals surface area contributed by atoms with Crippen LogP contribution in [0.1, 0.15) is 19.4 Å². The third-order valence-corrected chi connectivity index (χ3v) is 3.51. The maximum atomic E-state index is 4.99. The Bertz CT molecular complexity index is 274. The maximum Gasteiger partial charge on any atom is 0.304 e. The molecule has 0 unspecified atom stereocenters. The van der Waals surface area contributed by atoms with Crippen LogP contribution in [0.5, 0.6) is 0 Å². The molecule has 0 radical (unpaired) electrons. The molecule has 0 aliphatic carbocycles. The van der Waals surface area contributed by atoms with Crippen LogP contribution in [-0.2, 0) is 15.4 Å². The van der Waals surface area contributed by atoms with Crippen molar-refractivity contribution in [3.05, 3.63) is 35.9 Å². The summed E-state index contributed by atoms with van der Waals surface area (Å²) in [5, 5.41) is 0. The summed E-state index contributed by atoms with van der Waals surface area (Å²) in [7, 11) is -0.589. The fourth-order valence-electron chi connectivity index (χ4n) is 1.30. The molecule has 1 aromatic carbocycles. The number of hydrogen-bond acceptors (Lipinski definition) is 3. The lowest BCUT2D eigenvalue weighted by Gasteiger charge is -1.98. The van der Waals surface area contributed by atoms with Crippen molar-refractivity contribution in [1.29, 1.82) is 0 Å². The molecule has 0 bridgehead atoms. The highest BCUT2D eigenvalue weighted by Gasteiger charge is 2.16. The van der Waals surface area contributed by atoms with Gasteiger partial charge in [-0.2, -0.15) is 0 Å². The molecule has 0 amide bonds. The van der Waals surface area contributed by atoms with Gasteiger partial charge in [0.2, 0.25) is 0 Å². The molecule has 1 fully saturated rings. The summed E-state index contributed by atoms with van der Waals surface area (Å²) in [6.45, 7) is 9.26. The zero-order valence-corrected chi connectivity index (χ0v) is 12.3. The molecule has 0 N–H and O–H groups in total. The Hall–Kier alpha value is -0.683. The van der Waals surface area contributed by atoms with Crippen molar-refractivity contribution in [3.8, 4) is 0 Å². The minimum absolute atomic E-state index is 0.589. The predicted molar refractivity (Wildman–Crippen MR) is 73.5 cm³/mol. The van der Waals surface area contributed by atoms with E-state index in [4.69, 9.17) is 8.85 Å². The van der Waals surface area contributed by atoms with E-state index >= 15 is 0 Å². The first kappa shape index (κ1) is 14.4. The Kier molecular flexibility index (Phi) is 7.91. The SMILES string of the molecule is CCO[SiH2]OCC.c1ccc(CN2CC2)cc1. The Morgan fingerprint density at radius 1 is 1.06 bits per heavy atom. The lowest BCUT2D eigenvalue weighted by Crippen LogP contribution is -2.02. The van der Waals surface area contributed by atoms with Crippen LogP contribution in [0.2, 0.25) is 0 Å². The van der Waals surface area contributed by atoms with Gasteiger partial charge in [0.15, 0.2) is 0 Å². The zero-order valence-electron chi connectivity index (χ0n) is 10.9. The van der Waals surface area contributed by atoms with E-state index in [1.807, 2.05) is 13.8 Å². The number of benzene rings is 1. The quantitative estimate of drug-likeness (QED) is 0.436. The minimum Gasteiger partial charge on any atom is -0.399 e. The molecule has 96 valence electrons. The van der Waals surface area contributed by atoms with Crippen molar-refractivity contribution >= 4 is 10.0 Å². The topological polar surface area (TPSA) is 21.5 Å². The fourth-order valence-corrected chi connectivity index (χ4v) is 1.75. The normalized spacial score (nSPS) is 14.0. The summed E-state index contributed by atoms with van der Waals surface area (Å²) in [5.41, 5.74) is 1.43. The van der Waals surface area contributed by atoms with Crippen molar-refractivity contribution in [2.45, 2.75) is 20.4 Å². The molecule has 1 heterocycles. The molecule has 0 saturated carbocycles. The van der Waals surface area contributed by atoms with Gasteiger partial charge >= 0.3 is 10.0 Å². The number of rotatable bonds is 6. The first-order valence-electron chi connectivity index (χ1n) is 6.28. The predicted octanol–water partition coefficient (Wildman–Crippen LogP) is 1.56. The summed E-state index contributed by atoms with van der Waals surface area (Å²) in [5.74, 6) is 0. The van der Waals surface area contributed by atoms with Crippen molar-refractivity contribution in [2.24, 2.45) is 0 Å². The van der Waals surface area contributed by atoms with Gasteiger partial charge in [0.05, 0.1) is 0 Å². The monoisotopic (exact) mass is 253 g/mol. The first-order valence-corrected chi connectivity index (χ1v) is 7.44. The van der Waals surface area contributed by atoms with E-state index in [1.165, 1.54) is 18.7 Å². The van der Waals surface area contributed by atoms with E-state index in [2.05, 4.69) is 35.2 Å². The standard InChI is InChI=1S/C9H11N.C4H12O2Si/c1-2-4-9(5-3-1)8-10-6-7-10;1-3-5-7-6-4-2/h1-5H,6-8H2;3-4,7H2,1-2H3. The van der Waals surface area contributed by atoms with Crippen molar-refractivity contribution < 1.29 is 8.85 Å². The molecule has 0 spiro atoms.